The SMILES string of the molecule is COC(=O)C(O)C(Sc1ccccc1[N+](=O)[O-])c1cccs1. The quantitative estimate of drug-likeness (QED) is 0.376. The first-order valence-corrected chi connectivity index (χ1v) is 8.00. The number of thiophene rings is 1. The minimum atomic E-state index is -1.41. The zero-order valence-electron chi connectivity index (χ0n) is 11.5. The van der Waals surface area contributed by atoms with Crippen molar-refractivity contribution >= 4 is 34.8 Å². The molecule has 0 spiro atoms. The van der Waals surface area contributed by atoms with E-state index in [2.05, 4.69) is 4.74 Å². The summed E-state index contributed by atoms with van der Waals surface area (Å²) in [5.74, 6) is -0.774. The second-order valence-electron chi connectivity index (χ2n) is 4.25. The summed E-state index contributed by atoms with van der Waals surface area (Å²) in [7, 11) is 1.19. The fraction of sp³-hybridized carbons (Fsp3) is 0.214. The lowest BCUT2D eigenvalue weighted by Gasteiger charge is -2.19. The van der Waals surface area contributed by atoms with Crippen LogP contribution in [0.1, 0.15) is 10.1 Å². The molecule has 0 bridgehead atoms. The Morgan fingerprint density at radius 1 is 1.36 bits per heavy atom. The molecular formula is C14H13NO5S2. The molecule has 0 radical (unpaired) electrons. The number of nitro groups is 1. The molecule has 1 N–H and O–H groups in total. The highest BCUT2D eigenvalue weighted by Crippen LogP contribution is 2.43. The van der Waals surface area contributed by atoms with Gasteiger partial charge in [-0.1, -0.05) is 18.2 Å². The lowest BCUT2D eigenvalue weighted by atomic mass is 10.2. The van der Waals surface area contributed by atoms with E-state index in [-0.39, 0.29) is 5.69 Å². The predicted molar refractivity (Wildman–Crippen MR) is 84.0 cm³/mol. The van der Waals surface area contributed by atoms with E-state index in [9.17, 15) is 20.0 Å². The summed E-state index contributed by atoms with van der Waals surface area (Å²) >= 11 is 2.43. The Morgan fingerprint density at radius 3 is 2.68 bits per heavy atom. The van der Waals surface area contributed by atoms with E-state index >= 15 is 0 Å². The number of esters is 1. The van der Waals surface area contributed by atoms with Crippen LogP contribution in [0.15, 0.2) is 46.7 Å². The molecule has 0 saturated carbocycles. The maximum Gasteiger partial charge on any atom is 0.336 e. The van der Waals surface area contributed by atoms with Crippen molar-refractivity contribution in [3.63, 3.8) is 0 Å². The summed E-state index contributed by atoms with van der Waals surface area (Å²) in [6, 6.07) is 9.77. The van der Waals surface area contributed by atoms with Crippen molar-refractivity contribution in [3.05, 3.63) is 56.8 Å². The molecule has 0 saturated heterocycles. The number of ether oxygens (including phenoxy) is 1. The Kier molecular flexibility index (Phi) is 5.53. The molecule has 2 unspecified atom stereocenters. The third kappa shape index (κ3) is 3.65. The lowest BCUT2D eigenvalue weighted by Crippen LogP contribution is -2.27. The van der Waals surface area contributed by atoms with Crippen molar-refractivity contribution in [2.45, 2.75) is 16.2 Å². The zero-order valence-corrected chi connectivity index (χ0v) is 13.2. The standard InChI is InChI=1S/C14H13NO5S2/c1-20-14(17)12(16)13(11-7-4-8-21-11)22-10-6-3-2-5-9(10)15(18)19/h2-8,12-13,16H,1H3. The maximum atomic E-state index is 11.6. The van der Waals surface area contributed by atoms with Gasteiger partial charge < -0.3 is 9.84 Å². The van der Waals surface area contributed by atoms with Crippen LogP contribution < -0.4 is 0 Å². The molecule has 2 rings (SSSR count). The molecule has 0 aliphatic carbocycles. The molecule has 1 aromatic heterocycles. The van der Waals surface area contributed by atoms with Gasteiger partial charge in [0.05, 0.1) is 22.2 Å². The van der Waals surface area contributed by atoms with Crippen LogP contribution in [0, 0.1) is 10.1 Å². The van der Waals surface area contributed by atoms with Crippen LogP contribution in [-0.4, -0.2) is 29.2 Å². The number of aliphatic hydroxyl groups excluding tert-OH is 1. The molecule has 1 heterocycles. The summed E-state index contributed by atoms with van der Waals surface area (Å²) in [6.45, 7) is 0. The van der Waals surface area contributed by atoms with Gasteiger partial charge in [-0.15, -0.1) is 23.1 Å². The second kappa shape index (κ2) is 7.39. The van der Waals surface area contributed by atoms with E-state index in [0.717, 1.165) is 16.6 Å². The van der Waals surface area contributed by atoms with E-state index in [1.165, 1.54) is 24.5 Å². The van der Waals surface area contributed by atoms with Crippen LogP contribution in [0.2, 0.25) is 0 Å². The number of methoxy groups -OCH3 is 1. The average molecular weight is 339 g/mol. The van der Waals surface area contributed by atoms with Gasteiger partial charge in [-0.25, -0.2) is 4.79 Å². The second-order valence-corrected chi connectivity index (χ2v) is 6.41. The minimum Gasteiger partial charge on any atom is -0.467 e. The summed E-state index contributed by atoms with van der Waals surface area (Å²) < 4.78 is 4.57. The van der Waals surface area contributed by atoms with Gasteiger partial charge in [0.25, 0.3) is 5.69 Å². The summed E-state index contributed by atoms with van der Waals surface area (Å²) in [5.41, 5.74) is -0.0638. The van der Waals surface area contributed by atoms with Crippen molar-refractivity contribution in [1.82, 2.24) is 0 Å². The molecule has 1 aromatic carbocycles. The van der Waals surface area contributed by atoms with Crippen molar-refractivity contribution < 1.29 is 19.6 Å². The number of hydrogen-bond donors (Lipinski definition) is 1. The molecule has 2 atom stereocenters. The van der Waals surface area contributed by atoms with Crippen LogP contribution in [0.3, 0.4) is 0 Å². The van der Waals surface area contributed by atoms with E-state index in [1.807, 2.05) is 5.38 Å². The maximum absolute atomic E-state index is 11.6. The molecule has 0 aliphatic heterocycles. The van der Waals surface area contributed by atoms with Crippen molar-refractivity contribution in [2.24, 2.45) is 0 Å². The summed E-state index contributed by atoms with van der Waals surface area (Å²) in [4.78, 5) is 23.4. The molecule has 116 valence electrons. The van der Waals surface area contributed by atoms with Crippen molar-refractivity contribution in [2.75, 3.05) is 7.11 Å². The van der Waals surface area contributed by atoms with Gasteiger partial charge in [0.15, 0.2) is 6.10 Å². The first-order valence-electron chi connectivity index (χ1n) is 6.24. The van der Waals surface area contributed by atoms with Crippen LogP contribution >= 0.6 is 23.1 Å². The van der Waals surface area contributed by atoms with Gasteiger partial charge in [0.1, 0.15) is 0 Å². The highest BCUT2D eigenvalue weighted by atomic mass is 32.2. The Hall–Kier alpha value is -1.90. The van der Waals surface area contributed by atoms with E-state index in [0.29, 0.717) is 4.90 Å². The molecule has 8 heteroatoms. The Labute approximate surface area is 134 Å². The number of carbonyl (C=O) groups excluding carboxylic acids is 1. The van der Waals surface area contributed by atoms with Crippen LogP contribution in [0.5, 0.6) is 0 Å². The van der Waals surface area contributed by atoms with Crippen LogP contribution in [0.4, 0.5) is 5.69 Å². The molecule has 6 nitrogen and oxygen atoms in total. The topological polar surface area (TPSA) is 89.7 Å². The molecule has 2 aromatic rings. The molecule has 22 heavy (non-hydrogen) atoms. The first kappa shape index (κ1) is 16.5. The summed E-state index contributed by atoms with van der Waals surface area (Å²) in [6.07, 6.45) is -1.41. The van der Waals surface area contributed by atoms with Crippen molar-refractivity contribution in [3.8, 4) is 0 Å². The minimum absolute atomic E-state index is 0.0638. The van der Waals surface area contributed by atoms with E-state index in [4.69, 9.17) is 0 Å². The fourth-order valence-electron chi connectivity index (χ4n) is 1.82. The highest BCUT2D eigenvalue weighted by molar-refractivity contribution is 7.99. The van der Waals surface area contributed by atoms with Gasteiger partial charge >= 0.3 is 5.97 Å². The lowest BCUT2D eigenvalue weighted by molar-refractivity contribution is -0.387. The number of nitro benzene ring substituents is 1. The van der Waals surface area contributed by atoms with Gasteiger partial charge in [0.2, 0.25) is 0 Å². The van der Waals surface area contributed by atoms with Crippen LogP contribution in [-0.2, 0) is 9.53 Å². The number of aliphatic hydroxyl groups is 1. The number of hydrogen-bond acceptors (Lipinski definition) is 7. The normalized spacial score (nSPS) is 13.4. The molecule has 0 fully saturated rings. The number of carbonyl (C=O) groups is 1. The van der Waals surface area contributed by atoms with Gasteiger partial charge in [-0.2, -0.15) is 0 Å². The number of rotatable bonds is 6. The third-order valence-electron chi connectivity index (χ3n) is 2.87. The molecular weight excluding hydrogens is 326 g/mol. The summed E-state index contributed by atoms with van der Waals surface area (Å²) in [5, 5.41) is 22.4. The van der Waals surface area contributed by atoms with Gasteiger partial charge in [-0.3, -0.25) is 10.1 Å². The number of thioether (sulfide) groups is 1. The van der Waals surface area contributed by atoms with E-state index < -0.39 is 22.2 Å². The largest absolute Gasteiger partial charge is 0.467 e. The molecule has 0 amide bonds. The number of benzene rings is 1. The Balaban J connectivity index is 2.36. The molecule has 0 aliphatic rings. The third-order valence-corrected chi connectivity index (χ3v) is 5.34. The predicted octanol–water partition coefficient (Wildman–Crippen LogP) is 3.02. The number of para-hydroxylation sites is 1. The van der Waals surface area contributed by atoms with Gasteiger partial charge in [-0.05, 0) is 17.5 Å². The Bertz CT molecular complexity index is 659. The number of nitrogens with zero attached hydrogens (tertiary/aromatic N) is 1. The van der Waals surface area contributed by atoms with Gasteiger partial charge in [0, 0.05) is 10.9 Å². The zero-order chi connectivity index (χ0) is 16.1. The van der Waals surface area contributed by atoms with Crippen molar-refractivity contribution in [1.29, 1.82) is 0 Å². The highest BCUT2D eigenvalue weighted by Gasteiger charge is 2.32. The average Bonchev–Trinajstić information content (AvgIpc) is 3.05. The monoisotopic (exact) mass is 339 g/mol. The van der Waals surface area contributed by atoms with E-state index in [1.54, 1.807) is 30.3 Å². The fourth-order valence-corrected chi connectivity index (χ4v) is 3.99. The first-order chi connectivity index (χ1) is 10.5. The smallest absolute Gasteiger partial charge is 0.336 e. The van der Waals surface area contributed by atoms with Crippen LogP contribution in [0.25, 0.3) is 0 Å². The Morgan fingerprint density at radius 2 is 2.09 bits per heavy atom.